The molecular formula is C17H17N5O. The molecule has 1 fully saturated rings. The van der Waals surface area contributed by atoms with Gasteiger partial charge < -0.3 is 10.3 Å². The number of aromatic amines is 1. The molecule has 0 spiro atoms. The second kappa shape index (κ2) is 5.79. The molecule has 0 unspecified atom stereocenters. The highest BCUT2D eigenvalue weighted by Gasteiger charge is 2.22. The van der Waals surface area contributed by atoms with Crippen LogP contribution in [-0.2, 0) is 0 Å². The predicted octanol–water partition coefficient (Wildman–Crippen LogP) is 3.11. The van der Waals surface area contributed by atoms with E-state index in [9.17, 15) is 4.79 Å². The monoisotopic (exact) mass is 307 g/mol. The molecular weight excluding hydrogens is 290 g/mol. The first-order chi connectivity index (χ1) is 11.3. The quantitative estimate of drug-likeness (QED) is 0.776. The number of fused-ring (bicyclic) bond motifs is 1. The second-order valence-electron chi connectivity index (χ2n) is 5.84. The number of aromatic nitrogens is 4. The Morgan fingerprint density at radius 1 is 1.09 bits per heavy atom. The summed E-state index contributed by atoms with van der Waals surface area (Å²) in [6.45, 7) is 0. The Balaban J connectivity index is 1.83. The Hall–Kier alpha value is -2.76. The van der Waals surface area contributed by atoms with Gasteiger partial charge in [-0.2, -0.15) is 4.98 Å². The van der Waals surface area contributed by atoms with Crippen LogP contribution in [0.2, 0.25) is 0 Å². The standard InChI is InChI=1S/C17H17N5O/c23-14-9-8-12-15(11-5-1-2-6-11)21-17(22-16(12)20-14)19-13-7-3-4-10-18-13/h3-4,7-11H,1-2,5-6H2,(H2,18,19,20,21,22,23). The summed E-state index contributed by atoms with van der Waals surface area (Å²) in [5.74, 6) is 1.58. The first kappa shape index (κ1) is 13.9. The van der Waals surface area contributed by atoms with Gasteiger partial charge in [-0.05, 0) is 31.0 Å². The fourth-order valence-corrected chi connectivity index (χ4v) is 3.18. The molecule has 2 N–H and O–H groups in total. The van der Waals surface area contributed by atoms with Gasteiger partial charge in [0.1, 0.15) is 11.5 Å². The number of anilines is 2. The van der Waals surface area contributed by atoms with Crippen LogP contribution >= 0.6 is 0 Å². The lowest BCUT2D eigenvalue weighted by molar-refractivity contribution is 0.703. The number of hydrogen-bond acceptors (Lipinski definition) is 5. The van der Waals surface area contributed by atoms with Crippen molar-refractivity contribution in [1.82, 2.24) is 19.9 Å². The van der Waals surface area contributed by atoms with E-state index in [4.69, 9.17) is 4.98 Å². The van der Waals surface area contributed by atoms with Crippen molar-refractivity contribution in [3.63, 3.8) is 0 Å². The zero-order chi connectivity index (χ0) is 15.6. The molecule has 6 nitrogen and oxygen atoms in total. The van der Waals surface area contributed by atoms with E-state index in [2.05, 4.69) is 20.3 Å². The molecule has 0 radical (unpaired) electrons. The van der Waals surface area contributed by atoms with Gasteiger partial charge in [0.2, 0.25) is 11.5 Å². The first-order valence-electron chi connectivity index (χ1n) is 7.88. The minimum Gasteiger partial charge on any atom is -0.309 e. The highest BCUT2D eigenvalue weighted by molar-refractivity contribution is 5.79. The molecule has 3 aromatic heterocycles. The molecule has 23 heavy (non-hydrogen) atoms. The van der Waals surface area contributed by atoms with Crippen LogP contribution in [-0.4, -0.2) is 19.9 Å². The number of hydrogen-bond donors (Lipinski definition) is 2. The van der Waals surface area contributed by atoms with Crippen LogP contribution in [0.4, 0.5) is 11.8 Å². The summed E-state index contributed by atoms with van der Waals surface area (Å²) < 4.78 is 0. The molecule has 0 atom stereocenters. The zero-order valence-electron chi connectivity index (χ0n) is 12.6. The summed E-state index contributed by atoms with van der Waals surface area (Å²) in [6, 6.07) is 8.98. The van der Waals surface area contributed by atoms with Crippen LogP contribution in [0.15, 0.2) is 41.3 Å². The first-order valence-corrected chi connectivity index (χ1v) is 7.88. The maximum Gasteiger partial charge on any atom is 0.249 e. The molecule has 4 rings (SSSR count). The number of rotatable bonds is 3. The van der Waals surface area contributed by atoms with E-state index in [0.717, 1.165) is 23.9 Å². The Bertz CT molecular complexity index is 884. The summed E-state index contributed by atoms with van der Waals surface area (Å²) in [4.78, 5) is 27.9. The summed E-state index contributed by atoms with van der Waals surface area (Å²) in [6.07, 6.45) is 6.43. The van der Waals surface area contributed by atoms with Crippen molar-refractivity contribution in [1.29, 1.82) is 0 Å². The van der Waals surface area contributed by atoms with Gasteiger partial charge in [0.15, 0.2) is 0 Å². The van der Waals surface area contributed by atoms with Gasteiger partial charge in [-0.15, -0.1) is 0 Å². The Morgan fingerprint density at radius 3 is 2.74 bits per heavy atom. The largest absolute Gasteiger partial charge is 0.309 e. The lowest BCUT2D eigenvalue weighted by Gasteiger charge is -2.13. The maximum atomic E-state index is 11.6. The summed E-state index contributed by atoms with van der Waals surface area (Å²) in [5.41, 5.74) is 1.44. The number of H-pyrrole nitrogens is 1. The van der Waals surface area contributed by atoms with E-state index < -0.39 is 0 Å². The van der Waals surface area contributed by atoms with Gasteiger partial charge in [0.25, 0.3) is 0 Å². The Morgan fingerprint density at radius 2 is 1.96 bits per heavy atom. The Labute approximate surface area is 133 Å². The van der Waals surface area contributed by atoms with Crippen LogP contribution in [0.3, 0.4) is 0 Å². The highest BCUT2D eigenvalue weighted by atomic mass is 16.1. The van der Waals surface area contributed by atoms with Gasteiger partial charge in [0, 0.05) is 23.6 Å². The van der Waals surface area contributed by atoms with Gasteiger partial charge in [-0.3, -0.25) is 4.79 Å². The van der Waals surface area contributed by atoms with Crippen molar-refractivity contribution >= 4 is 22.8 Å². The molecule has 0 saturated heterocycles. The Kier molecular flexibility index (Phi) is 3.49. The van der Waals surface area contributed by atoms with Crippen LogP contribution in [0.5, 0.6) is 0 Å². The second-order valence-corrected chi connectivity index (χ2v) is 5.84. The van der Waals surface area contributed by atoms with Crippen LogP contribution < -0.4 is 10.9 Å². The van der Waals surface area contributed by atoms with E-state index in [1.165, 1.54) is 18.9 Å². The van der Waals surface area contributed by atoms with E-state index in [-0.39, 0.29) is 5.56 Å². The molecule has 1 aliphatic carbocycles. The highest BCUT2D eigenvalue weighted by Crippen LogP contribution is 2.36. The smallest absolute Gasteiger partial charge is 0.249 e. The molecule has 1 saturated carbocycles. The van der Waals surface area contributed by atoms with Crippen LogP contribution in [0, 0.1) is 0 Å². The van der Waals surface area contributed by atoms with E-state index in [1.54, 1.807) is 6.20 Å². The van der Waals surface area contributed by atoms with Crippen molar-refractivity contribution in [3.05, 3.63) is 52.6 Å². The summed E-state index contributed by atoms with van der Waals surface area (Å²) in [7, 11) is 0. The van der Waals surface area contributed by atoms with Crippen molar-refractivity contribution in [2.75, 3.05) is 5.32 Å². The SMILES string of the molecule is O=c1ccc2c(C3CCCC3)nc(Nc3ccccn3)nc2[nH]1. The molecule has 0 bridgehead atoms. The summed E-state index contributed by atoms with van der Waals surface area (Å²) in [5, 5.41) is 4.06. The third kappa shape index (κ3) is 2.79. The molecule has 3 aromatic rings. The normalized spacial score (nSPS) is 15.1. The minimum absolute atomic E-state index is 0.155. The lowest BCUT2D eigenvalue weighted by atomic mass is 10.0. The average molecular weight is 307 g/mol. The minimum atomic E-state index is -0.155. The van der Waals surface area contributed by atoms with Crippen molar-refractivity contribution in [2.45, 2.75) is 31.6 Å². The van der Waals surface area contributed by atoms with Gasteiger partial charge in [-0.1, -0.05) is 18.9 Å². The fourth-order valence-electron chi connectivity index (χ4n) is 3.18. The third-order valence-electron chi connectivity index (χ3n) is 4.26. The maximum absolute atomic E-state index is 11.6. The molecule has 6 heteroatoms. The predicted molar refractivity (Wildman–Crippen MR) is 88.9 cm³/mol. The van der Waals surface area contributed by atoms with Crippen LogP contribution in [0.1, 0.15) is 37.3 Å². The van der Waals surface area contributed by atoms with E-state index >= 15 is 0 Å². The topological polar surface area (TPSA) is 83.6 Å². The number of nitrogens with zero attached hydrogens (tertiary/aromatic N) is 3. The average Bonchev–Trinajstić information content (AvgIpc) is 3.09. The lowest BCUT2D eigenvalue weighted by Crippen LogP contribution is -2.10. The van der Waals surface area contributed by atoms with Crippen molar-refractivity contribution in [2.24, 2.45) is 0 Å². The van der Waals surface area contributed by atoms with Crippen molar-refractivity contribution < 1.29 is 0 Å². The van der Waals surface area contributed by atoms with Gasteiger partial charge in [0.05, 0.1) is 5.69 Å². The molecule has 1 aliphatic rings. The zero-order valence-corrected chi connectivity index (χ0v) is 12.6. The summed E-state index contributed by atoms with van der Waals surface area (Å²) >= 11 is 0. The fraction of sp³-hybridized carbons (Fsp3) is 0.294. The number of pyridine rings is 2. The molecule has 0 aromatic carbocycles. The molecule has 3 heterocycles. The third-order valence-corrected chi connectivity index (χ3v) is 4.26. The van der Waals surface area contributed by atoms with Crippen LogP contribution in [0.25, 0.3) is 11.0 Å². The molecule has 116 valence electrons. The van der Waals surface area contributed by atoms with Crippen molar-refractivity contribution in [3.8, 4) is 0 Å². The van der Waals surface area contributed by atoms with E-state index in [1.807, 2.05) is 24.3 Å². The molecule has 0 amide bonds. The van der Waals surface area contributed by atoms with Gasteiger partial charge in [-0.25, -0.2) is 9.97 Å². The van der Waals surface area contributed by atoms with E-state index in [0.29, 0.717) is 23.3 Å². The number of nitrogens with one attached hydrogen (secondary N) is 2. The van der Waals surface area contributed by atoms with Gasteiger partial charge >= 0.3 is 0 Å². The molecule has 0 aliphatic heterocycles.